The van der Waals surface area contributed by atoms with Crippen LogP contribution in [0.4, 0.5) is 0 Å². The van der Waals surface area contributed by atoms with Crippen molar-refractivity contribution in [3.63, 3.8) is 0 Å². The first-order valence-electron chi connectivity index (χ1n) is 7.13. The van der Waals surface area contributed by atoms with Gasteiger partial charge >= 0.3 is 5.76 Å². The highest BCUT2D eigenvalue weighted by Crippen LogP contribution is 2.15. The molecule has 1 aromatic carbocycles. The lowest BCUT2D eigenvalue weighted by atomic mass is 10.0. The molecule has 0 bridgehead atoms. The van der Waals surface area contributed by atoms with E-state index in [0.29, 0.717) is 23.6 Å². The van der Waals surface area contributed by atoms with Crippen LogP contribution in [0.2, 0.25) is 0 Å². The Morgan fingerprint density at radius 1 is 1.35 bits per heavy atom. The third-order valence-corrected chi connectivity index (χ3v) is 3.85. The van der Waals surface area contributed by atoms with Crippen molar-refractivity contribution in [1.29, 1.82) is 0 Å². The second-order valence-electron chi connectivity index (χ2n) is 5.25. The third kappa shape index (κ3) is 2.54. The molecule has 1 saturated heterocycles. The van der Waals surface area contributed by atoms with Crippen molar-refractivity contribution in [2.75, 3.05) is 6.54 Å². The molecule has 20 heavy (non-hydrogen) atoms. The predicted molar refractivity (Wildman–Crippen MR) is 76.0 cm³/mol. The monoisotopic (exact) mass is 274 g/mol. The Bertz CT molecular complexity index is 665. The standard InChI is InChI=1S/C15H18N2O3/c18-14(9-8-11-5-3-4-10-16-11)17-12-6-1-2-7-13(12)20-15(17)19/h1-2,6-7,11,16H,3-5,8-10H2. The van der Waals surface area contributed by atoms with Gasteiger partial charge in [0.15, 0.2) is 5.58 Å². The van der Waals surface area contributed by atoms with E-state index >= 15 is 0 Å². The first kappa shape index (κ1) is 13.1. The van der Waals surface area contributed by atoms with Gasteiger partial charge in [0.25, 0.3) is 0 Å². The van der Waals surface area contributed by atoms with Gasteiger partial charge in [-0.15, -0.1) is 0 Å². The zero-order chi connectivity index (χ0) is 13.9. The van der Waals surface area contributed by atoms with Crippen LogP contribution in [0.5, 0.6) is 0 Å². The summed E-state index contributed by atoms with van der Waals surface area (Å²) in [5.41, 5.74) is 1.01. The van der Waals surface area contributed by atoms with E-state index in [1.54, 1.807) is 24.3 Å². The van der Waals surface area contributed by atoms with Gasteiger partial charge in [-0.3, -0.25) is 4.79 Å². The van der Waals surface area contributed by atoms with Gasteiger partial charge in [-0.1, -0.05) is 18.6 Å². The van der Waals surface area contributed by atoms with Crippen LogP contribution in [-0.4, -0.2) is 23.1 Å². The molecule has 3 rings (SSSR count). The molecule has 1 fully saturated rings. The molecule has 106 valence electrons. The molecule has 1 atom stereocenters. The summed E-state index contributed by atoms with van der Waals surface area (Å²) >= 11 is 0. The number of hydrogen-bond donors (Lipinski definition) is 1. The van der Waals surface area contributed by atoms with Crippen LogP contribution in [0.25, 0.3) is 11.1 Å². The highest BCUT2D eigenvalue weighted by atomic mass is 16.4. The number of aromatic nitrogens is 1. The summed E-state index contributed by atoms with van der Waals surface area (Å²) in [7, 11) is 0. The van der Waals surface area contributed by atoms with E-state index in [4.69, 9.17) is 4.42 Å². The number of nitrogens with one attached hydrogen (secondary N) is 1. The normalized spacial score (nSPS) is 19.3. The first-order chi connectivity index (χ1) is 9.75. The van der Waals surface area contributed by atoms with Crippen LogP contribution < -0.4 is 11.1 Å². The van der Waals surface area contributed by atoms with Crippen LogP contribution in [0.15, 0.2) is 33.5 Å². The Labute approximate surface area is 116 Å². The fraction of sp³-hybridized carbons (Fsp3) is 0.467. The number of rotatable bonds is 3. The molecular weight excluding hydrogens is 256 g/mol. The number of nitrogens with zero attached hydrogens (tertiary/aromatic N) is 1. The third-order valence-electron chi connectivity index (χ3n) is 3.85. The maximum Gasteiger partial charge on any atom is 0.426 e. The zero-order valence-corrected chi connectivity index (χ0v) is 11.3. The Morgan fingerprint density at radius 3 is 3.00 bits per heavy atom. The predicted octanol–water partition coefficient (Wildman–Crippen LogP) is 2.16. The van der Waals surface area contributed by atoms with Crippen molar-refractivity contribution in [1.82, 2.24) is 9.88 Å². The van der Waals surface area contributed by atoms with Crippen LogP contribution >= 0.6 is 0 Å². The molecule has 1 unspecified atom stereocenters. The SMILES string of the molecule is O=C(CCC1CCCCN1)n1c(=O)oc2ccccc21. The van der Waals surface area contributed by atoms with Crippen LogP contribution in [-0.2, 0) is 0 Å². The van der Waals surface area contributed by atoms with Gasteiger partial charge in [0, 0.05) is 12.5 Å². The van der Waals surface area contributed by atoms with E-state index in [9.17, 15) is 9.59 Å². The van der Waals surface area contributed by atoms with E-state index in [0.717, 1.165) is 24.0 Å². The summed E-state index contributed by atoms with van der Waals surface area (Å²) in [6, 6.07) is 7.40. The van der Waals surface area contributed by atoms with Gasteiger partial charge < -0.3 is 9.73 Å². The summed E-state index contributed by atoms with van der Waals surface area (Å²) in [6.45, 7) is 1.02. The molecule has 1 N–H and O–H groups in total. The van der Waals surface area contributed by atoms with Crippen molar-refractivity contribution < 1.29 is 9.21 Å². The highest BCUT2D eigenvalue weighted by molar-refractivity contribution is 5.89. The van der Waals surface area contributed by atoms with Crippen molar-refractivity contribution in [3.05, 3.63) is 34.8 Å². The van der Waals surface area contributed by atoms with E-state index in [1.165, 1.54) is 12.8 Å². The fourth-order valence-electron chi connectivity index (χ4n) is 2.78. The average Bonchev–Trinajstić information content (AvgIpc) is 2.82. The minimum absolute atomic E-state index is 0.188. The van der Waals surface area contributed by atoms with Crippen molar-refractivity contribution >= 4 is 17.0 Å². The molecule has 2 heterocycles. The maximum absolute atomic E-state index is 12.3. The number of benzene rings is 1. The molecule has 0 aliphatic carbocycles. The minimum Gasteiger partial charge on any atom is -0.407 e. The lowest BCUT2D eigenvalue weighted by molar-refractivity contribution is 0.0890. The van der Waals surface area contributed by atoms with Crippen LogP contribution in [0.1, 0.15) is 36.9 Å². The number of oxazole rings is 1. The van der Waals surface area contributed by atoms with E-state index in [2.05, 4.69) is 5.32 Å². The molecule has 5 nitrogen and oxygen atoms in total. The molecule has 1 aliphatic heterocycles. The molecule has 0 saturated carbocycles. The summed E-state index contributed by atoms with van der Waals surface area (Å²) in [5.74, 6) is -0.778. The van der Waals surface area contributed by atoms with Gasteiger partial charge in [0.2, 0.25) is 5.91 Å². The molecule has 0 radical (unpaired) electrons. The summed E-state index contributed by atoms with van der Waals surface area (Å²) in [5, 5.41) is 3.41. The highest BCUT2D eigenvalue weighted by Gasteiger charge is 2.18. The van der Waals surface area contributed by atoms with Gasteiger partial charge in [0.1, 0.15) is 0 Å². The summed E-state index contributed by atoms with van der Waals surface area (Å²) in [4.78, 5) is 24.0. The van der Waals surface area contributed by atoms with Crippen molar-refractivity contribution in [2.45, 2.75) is 38.1 Å². The van der Waals surface area contributed by atoms with Gasteiger partial charge in [0.05, 0.1) is 5.52 Å². The van der Waals surface area contributed by atoms with Crippen LogP contribution in [0, 0.1) is 0 Å². The number of carbonyl (C=O) groups excluding carboxylic acids is 1. The van der Waals surface area contributed by atoms with Crippen molar-refractivity contribution in [2.24, 2.45) is 0 Å². The van der Waals surface area contributed by atoms with E-state index < -0.39 is 5.76 Å². The largest absolute Gasteiger partial charge is 0.426 e. The smallest absolute Gasteiger partial charge is 0.407 e. The molecular formula is C15H18N2O3. The Hall–Kier alpha value is -1.88. The number of fused-ring (bicyclic) bond motifs is 1. The first-order valence-corrected chi connectivity index (χ1v) is 7.13. The molecule has 0 amide bonds. The second kappa shape index (κ2) is 5.63. The zero-order valence-electron chi connectivity index (χ0n) is 11.3. The van der Waals surface area contributed by atoms with Gasteiger partial charge in [-0.2, -0.15) is 0 Å². The topological polar surface area (TPSA) is 64.2 Å². The van der Waals surface area contributed by atoms with E-state index in [-0.39, 0.29) is 5.91 Å². The summed E-state index contributed by atoms with van der Waals surface area (Å²) < 4.78 is 6.23. The minimum atomic E-state index is -0.590. The Kier molecular flexibility index (Phi) is 3.69. The number of piperidine rings is 1. The number of carbonyl (C=O) groups is 1. The lowest BCUT2D eigenvalue weighted by Crippen LogP contribution is -2.35. The molecule has 5 heteroatoms. The molecule has 0 spiro atoms. The lowest BCUT2D eigenvalue weighted by Gasteiger charge is -2.22. The van der Waals surface area contributed by atoms with Gasteiger partial charge in [-0.05, 0) is 37.9 Å². The molecule has 1 aliphatic rings. The molecule has 2 aromatic rings. The van der Waals surface area contributed by atoms with E-state index in [1.807, 2.05) is 0 Å². The number of para-hydroxylation sites is 2. The Morgan fingerprint density at radius 2 is 2.20 bits per heavy atom. The maximum atomic E-state index is 12.3. The quantitative estimate of drug-likeness (QED) is 0.931. The average molecular weight is 274 g/mol. The Balaban J connectivity index is 1.75. The molecule has 1 aromatic heterocycles. The van der Waals surface area contributed by atoms with Crippen molar-refractivity contribution in [3.8, 4) is 0 Å². The fourth-order valence-corrected chi connectivity index (χ4v) is 2.78. The second-order valence-corrected chi connectivity index (χ2v) is 5.25. The van der Waals surface area contributed by atoms with Gasteiger partial charge in [-0.25, -0.2) is 9.36 Å². The summed E-state index contributed by atoms with van der Waals surface area (Å²) in [6.07, 6.45) is 4.65. The van der Waals surface area contributed by atoms with Crippen LogP contribution in [0.3, 0.4) is 0 Å². The number of hydrogen-bond acceptors (Lipinski definition) is 4.